The van der Waals surface area contributed by atoms with E-state index in [2.05, 4.69) is 41.5 Å². The van der Waals surface area contributed by atoms with Crippen LogP contribution in [0.15, 0.2) is 12.1 Å². The summed E-state index contributed by atoms with van der Waals surface area (Å²) in [5.41, 5.74) is 8.56. The van der Waals surface area contributed by atoms with Crippen molar-refractivity contribution in [1.29, 1.82) is 0 Å². The zero-order chi connectivity index (χ0) is 17.3. The van der Waals surface area contributed by atoms with E-state index in [1.807, 2.05) is 19.1 Å². The summed E-state index contributed by atoms with van der Waals surface area (Å²) < 4.78 is 0. The van der Waals surface area contributed by atoms with E-state index < -0.39 is 12.1 Å². The predicted octanol–water partition coefficient (Wildman–Crippen LogP) is 4.15. The van der Waals surface area contributed by atoms with E-state index in [-0.39, 0.29) is 10.8 Å². The first-order valence-electron chi connectivity index (χ1n) is 8.21. The van der Waals surface area contributed by atoms with Gasteiger partial charge in [0.05, 0.1) is 12.1 Å². The molecule has 3 heteroatoms. The Morgan fingerprint density at radius 2 is 1.41 bits per heavy atom. The number of nitrogens with two attached hydrogens (primary N) is 1. The Hall–Kier alpha value is -1.06. The van der Waals surface area contributed by atoms with Crippen molar-refractivity contribution in [2.24, 2.45) is 5.73 Å². The lowest BCUT2D eigenvalue weighted by atomic mass is 9.77. The van der Waals surface area contributed by atoms with Crippen molar-refractivity contribution in [1.82, 2.24) is 0 Å². The third kappa shape index (κ3) is 4.23. The topological polar surface area (TPSA) is 66.5 Å². The van der Waals surface area contributed by atoms with Gasteiger partial charge in [0.25, 0.3) is 0 Å². The van der Waals surface area contributed by atoms with E-state index in [0.29, 0.717) is 12.2 Å². The maximum absolute atomic E-state index is 10.7. The van der Waals surface area contributed by atoms with Gasteiger partial charge in [0.15, 0.2) is 0 Å². The predicted molar refractivity (Wildman–Crippen MR) is 93.4 cm³/mol. The number of aliphatic hydroxyl groups excluding tert-OH is 1. The molecule has 0 fully saturated rings. The highest BCUT2D eigenvalue weighted by Gasteiger charge is 2.28. The largest absolute Gasteiger partial charge is 0.507 e. The second-order valence-electron chi connectivity index (χ2n) is 8.35. The Morgan fingerprint density at radius 1 is 1.00 bits per heavy atom. The SMILES string of the molecule is CCC[C@H](O)[C@H](N)c1cc(C(C)(C)C)c(O)c(C(C)(C)C)c1. The minimum atomic E-state index is -0.560. The number of aromatic hydroxyl groups is 1. The standard InChI is InChI=1S/C19H33NO2/c1-8-9-15(21)16(20)12-10-13(18(2,3)4)17(22)14(11-12)19(5,6)7/h10-11,15-16,21-22H,8-9,20H2,1-7H3/t15-,16+/m0/s1. The normalized spacial score (nSPS) is 15.7. The Labute approximate surface area is 135 Å². The van der Waals surface area contributed by atoms with E-state index in [4.69, 9.17) is 5.73 Å². The fourth-order valence-electron chi connectivity index (χ4n) is 2.69. The van der Waals surface area contributed by atoms with E-state index in [1.165, 1.54) is 0 Å². The zero-order valence-corrected chi connectivity index (χ0v) is 15.2. The molecular formula is C19H33NO2. The minimum Gasteiger partial charge on any atom is -0.507 e. The second kappa shape index (κ2) is 6.59. The summed E-state index contributed by atoms with van der Waals surface area (Å²) in [6, 6.07) is 3.48. The fraction of sp³-hybridized carbons (Fsp3) is 0.684. The van der Waals surface area contributed by atoms with Gasteiger partial charge in [-0.15, -0.1) is 0 Å². The van der Waals surface area contributed by atoms with Gasteiger partial charge in [-0.3, -0.25) is 0 Å². The van der Waals surface area contributed by atoms with E-state index >= 15 is 0 Å². The summed E-state index contributed by atoms with van der Waals surface area (Å²) in [7, 11) is 0. The first-order chi connectivity index (χ1) is 9.89. The zero-order valence-electron chi connectivity index (χ0n) is 15.2. The van der Waals surface area contributed by atoms with Gasteiger partial charge in [-0.2, -0.15) is 0 Å². The van der Waals surface area contributed by atoms with Crippen LogP contribution < -0.4 is 5.73 Å². The summed E-state index contributed by atoms with van der Waals surface area (Å²) in [5, 5.41) is 20.9. The second-order valence-corrected chi connectivity index (χ2v) is 8.35. The van der Waals surface area contributed by atoms with Gasteiger partial charge >= 0.3 is 0 Å². The number of hydrogen-bond acceptors (Lipinski definition) is 3. The molecule has 0 unspecified atom stereocenters. The number of aliphatic hydroxyl groups is 1. The molecular weight excluding hydrogens is 274 g/mol. The molecule has 4 N–H and O–H groups in total. The van der Waals surface area contributed by atoms with Crippen LogP contribution in [0.3, 0.4) is 0 Å². The van der Waals surface area contributed by atoms with Crippen LogP contribution in [-0.2, 0) is 10.8 Å². The molecule has 0 bridgehead atoms. The van der Waals surface area contributed by atoms with Crippen LogP contribution in [0.2, 0.25) is 0 Å². The molecule has 0 saturated carbocycles. The summed E-state index contributed by atoms with van der Waals surface area (Å²) in [4.78, 5) is 0. The molecule has 0 radical (unpaired) electrons. The molecule has 0 aliphatic carbocycles. The molecule has 0 amide bonds. The Morgan fingerprint density at radius 3 is 1.73 bits per heavy atom. The monoisotopic (exact) mass is 307 g/mol. The fourth-order valence-corrected chi connectivity index (χ4v) is 2.69. The molecule has 0 spiro atoms. The van der Waals surface area contributed by atoms with Crippen LogP contribution in [0.1, 0.15) is 84.0 Å². The van der Waals surface area contributed by atoms with Crippen molar-refractivity contribution in [3.05, 3.63) is 28.8 Å². The average molecular weight is 307 g/mol. The van der Waals surface area contributed by atoms with Crippen LogP contribution >= 0.6 is 0 Å². The van der Waals surface area contributed by atoms with Gasteiger partial charge in [0, 0.05) is 0 Å². The quantitative estimate of drug-likeness (QED) is 0.783. The van der Waals surface area contributed by atoms with Gasteiger partial charge in [-0.05, 0) is 46.1 Å². The van der Waals surface area contributed by atoms with Crippen molar-refractivity contribution in [3.8, 4) is 5.75 Å². The smallest absolute Gasteiger partial charge is 0.123 e. The van der Waals surface area contributed by atoms with E-state index in [0.717, 1.165) is 23.1 Å². The highest BCUT2D eigenvalue weighted by atomic mass is 16.3. The maximum atomic E-state index is 10.7. The van der Waals surface area contributed by atoms with Crippen LogP contribution in [0.25, 0.3) is 0 Å². The van der Waals surface area contributed by atoms with Crippen LogP contribution in [-0.4, -0.2) is 16.3 Å². The molecule has 0 aliphatic heterocycles. The lowest BCUT2D eigenvalue weighted by molar-refractivity contribution is 0.134. The maximum Gasteiger partial charge on any atom is 0.123 e. The molecule has 0 saturated heterocycles. The summed E-state index contributed by atoms with van der Waals surface area (Å²) in [6.45, 7) is 14.5. The average Bonchev–Trinajstić information content (AvgIpc) is 2.35. The third-order valence-electron chi connectivity index (χ3n) is 4.13. The minimum absolute atomic E-state index is 0.185. The molecule has 22 heavy (non-hydrogen) atoms. The van der Waals surface area contributed by atoms with E-state index in [9.17, 15) is 10.2 Å². The van der Waals surface area contributed by atoms with Crippen LogP contribution in [0.5, 0.6) is 5.75 Å². The first-order valence-corrected chi connectivity index (χ1v) is 8.21. The van der Waals surface area contributed by atoms with Gasteiger partial charge in [0.1, 0.15) is 5.75 Å². The lowest BCUT2D eigenvalue weighted by Crippen LogP contribution is -2.27. The Bertz CT molecular complexity index is 474. The molecule has 0 aromatic heterocycles. The molecule has 126 valence electrons. The molecule has 2 atom stereocenters. The van der Waals surface area contributed by atoms with Gasteiger partial charge in [-0.1, -0.05) is 54.9 Å². The van der Waals surface area contributed by atoms with Crippen molar-refractivity contribution in [3.63, 3.8) is 0 Å². The summed E-state index contributed by atoms with van der Waals surface area (Å²) in [6.07, 6.45) is 1.01. The molecule has 1 aromatic carbocycles. The molecule has 0 aliphatic rings. The molecule has 0 heterocycles. The highest BCUT2D eigenvalue weighted by Crippen LogP contribution is 2.41. The number of phenols is 1. The summed E-state index contributed by atoms with van der Waals surface area (Å²) >= 11 is 0. The molecule has 1 rings (SSSR count). The number of benzene rings is 1. The van der Waals surface area contributed by atoms with Crippen molar-refractivity contribution in [2.45, 2.75) is 84.3 Å². The van der Waals surface area contributed by atoms with Gasteiger partial charge in [0.2, 0.25) is 0 Å². The Balaban J connectivity index is 3.48. The molecule has 3 nitrogen and oxygen atoms in total. The lowest BCUT2D eigenvalue weighted by Gasteiger charge is -2.30. The summed E-state index contributed by atoms with van der Waals surface area (Å²) in [5.74, 6) is 0.348. The number of rotatable bonds is 4. The van der Waals surface area contributed by atoms with Crippen LogP contribution in [0.4, 0.5) is 0 Å². The first kappa shape index (κ1) is 19.0. The van der Waals surface area contributed by atoms with E-state index in [1.54, 1.807) is 0 Å². The molecule has 1 aromatic rings. The highest BCUT2D eigenvalue weighted by molar-refractivity contribution is 5.50. The Kier molecular flexibility index (Phi) is 5.69. The van der Waals surface area contributed by atoms with Crippen molar-refractivity contribution < 1.29 is 10.2 Å². The third-order valence-corrected chi connectivity index (χ3v) is 4.13. The van der Waals surface area contributed by atoms with Crippen molar-refractivity contribution in [2.75, 3.05) is 0 Å². The number of hydrogen-bond donors (Lipinski definition) is 3. The van der Waals surface area contributed by atoms with Crippen molar-refractivity contribution >= 4 is 0 Å². The van der Waals surface area contributed by atoms with Gasteiger partial charge in [-0.25, -0.2) is 0 Å². The van der Waals surface area contributed by atoms with Crippen LogP contribution in [0, 0.1) is 0 Å². The number of phenolic OH excluding ortho intramolecular Hbond substituents is 1. The van der Waals surface area contributed by atoms with Gasteiger partial charge < -0.3 is 15.9 Å².